The summed E-state index contributed by atoms with van der Waals surface area (Å²) in [7, 11) is 3.23. The highest BCUT2D eigenvalue weighted by atomic mass is 32.2. The molecule has 0 spiro atoms. The van der Waals surface area contributed by atoms with Crippen molar-refractivity contribution in [3.05, 3.63) is 53.6 Å². The zero-order chi connectivity index (χ0) is 24.4. The zero-order valence-electron chi connectivity index (χ0n) is 18.9. The fraction of sp³-hybridized carbons (Fsp3) is 0.227. The van der Waals surface area contributed by atoms with Crippen LogP contribution in [0.25, 0.3) is 6.08 Å². The van der Waals surface area contributed by atoms with Crippen molar-refractivity contribution in [3.63, 3.8) is 0 Å². The first-order valence-corrected chi connectivity index (χ1v) is 11.0. The van der Waals surface area contributed by atoms with Gasteiger partial charge < -0.3 is 29.0 Å². The molecule has 0 heterocycles. The van der Waals surface area contributed by atoms with Crippen LogP contribution in [0.4, 0.5) is 11.4 Å². The van der Waals surface area contributed by atoms with Crippen LogP contribution in [0.3, 0.4) is 0 Å². The molecule has 0 aliphatic heterocycles. The van der Waals surface area contributed by atoms with Crippen LogP contribution in [0.5, 0.6) is 23.0 Å². The molecule has 0 atom stereocenters. The predicted molar refractivity (Wildman–Crippen MR) is 125 cm³/mol. The topological polar surface area (TPSA) is 121 Å². The number of anilines is 2. The van der Waals surface area contributed by atoms with Crippen LogP contribution in [0.2, 0.25) is 0 Å². The monoisotopic (exact) mass is 478 g/mol. The number of methoxy groups -OCH3 is 5. The summed E-state index contributed by atoms with van der Waals surface area (Å²) < 4.78 is 53.4. The van der Waals surface area contributed by atoms with Crippen molar-refractivity contribution in [2.45, 2.75) is 0 Å². The lowest BCUT2D eigenvalue weighted by Crippen LogP contribution is -2.09. The van der Waals surface area contributed by atoms with Gasteiger partial charge in [0.1, 0.15) is 23.0 Å². The Morgan fingerprint density at radius 1 is 0.879 bits per heavy atom. The Morgan fingerprint density at radius 2 is 1.52 bits per heavy atom. The van der Waals surface area contributed by atoms with Gasteiger partial charge in [0, 0.05) is 24.4 Å². The Balaban J connectivity index is 2.29. The summed E-state index contributed by atoms with van der Waals surface area (Å²) in [6.45, 7) is 0. The van der Waals surface area contributed by atoms with E-state index in [0.717, 1.165) is 5.41 Å². The Morgan fingerprint density at radius 3 is 2.06 bits per heavy atom. The first-order chi connectivity index (χ1) is 15.8. The Kier molecular flexibility index (Phi) is 8.98. The van der Waals surface area contributed by atoms with Crippen LogP contribution < -0.4 is 29.0 Å². The lowest BCUT2D eigenvalue weighted by Gasteiger charge is -2.13. The van der Waals surface area contributed by atoms with Gasteiger partial charge in [0.05, 0.1) is 57.9 Å². The van der Waals surface area contributed by atoms with Crippen molar-refractivity contribution in [2.75, 3.05) is 45.6 Å². The number of esters is 1. The van der Waals surface area contributed by atoms with Gasteiger partial charge in [0.2, 0.25) is 0 Å². The third kappa shape index (κ3) is 7.07. The molecule has 178 valence electrons. The molecule has 33 heavy (non-hydrogen) atoms. The van der Waals surface area contributed by atoms with E-state index < -0.39 is 16.0 Å². The molecular weight excluding hydrogens is 452 g/mol. The van der Waals surface area contributed by atoms with E-state index in [1.54, 1.807) is 18.2 Å². The number of rotatable bonds is 11. The summed E-state index contributed by atoms with van der Waals surface area (Å²) in [4.78, 5) is 11.2. The van der Waals surface area contributed by atoms with E-state index in [9.17, 15) is 13.2 Å². The molecule has 0 aliphatic carbocycles. The molecule has 0 fully saturated rings. The van der Waals surface area contributed by atoms with Gasteiger partial charge in [-0.05, 0) is 24.3 Å². The molecule has 2 N–H and O–H groups in total. The van der Waals surface area contributed by atoms with Crippen LogP contribution in [0.1, 0.15) is 5.56 Å². The molecular formula is C22H26N2O8S. The number of carbonyl (C=O) groups is 1. The van der Waals surface area contributed by atoms with Crippen molar-refractivity contribution in [3.8, 4) is 23.0 Å². The smallest absolute Gasteiger partial charge is 0.331 e. The molecule has 0 saturated carbocycles. The highest BCUT2D eigenvalue weighted by Crippen LogP contribution is 2.35. The first-order valence-electron chi connectivity index (χ1n) is 9.46. The van der Waals surface area contributed by atoms with Gasteiger partial charge in [-0.3, -0.25) is 4.72 Å². The number of hydrogen-bond donors (Lipinski definition) is 2. The Labute approximate surface area is 192 Å². The molecule has 2 aromatic carbocycles. The fourth-order valence-electron chi connectivity index (χ4n) is 2.70. The molecule has 2 rings (SSSR count). The van der Waals surface area contributed by atoms with Crippen molar-refractivity contribution in [1.29, 1.82) is 0 Å². The molecule has 0 aromatic heterocycles. The number of nitrogens with one attached hydrogen (secondary N) is 2. The van der Waals surface area contributed by atoms with E-state index in [0.29, 0.717) is 34.2 Å². The highest BCUT2D eigenvalue weighted by Gasteiger charge is 2.14. The highest BCUT2D eigenvalue weighted by molar-refractivity contribution is 7.95. The van der Waals surface area contributed by atoms with Gasteiger partial charge in [0.25, 0.3) is 10.0 Å². The summed E-state index contributed by atoms with van der Waals surface area (Å²) in [6.07, 6.45) is 3.89. The SMILES string of the molecule is COC(=O)/C=C/Nc1cc(NS(=O)(=O)/C=C/c2c(OC)cc(OC)cc2OC)ccc1OC. The quantitative estimate of drug-likeness (QED) is 0.370. The molecule has 0 unspecified atom stereocenters. The predicted octanol–water partition coefficient (Wildman–Crippen LogP) is 3.23. The number of carbonyl (C=O) groups excluding carboxylic acids is 1. The lowest BCUT2D eigenvalue weighted by atomic mass is 10.1. The minimum absolute atomic E-state index is 0.267. The molecule has 10 nitrogen and oxygen atoms in total. The molecule has 0 bridgehead atoms. The van der Waals surface area contributed by atoms with Crippen LogP contribution in [0.15, 0.2) is 48.0 Å². The maximum Gasteiger partial charge on any atom is 0.331 e. The number of benzene rings is 2. The second-order valence-corrected chi connectivity index (χ2v) is 7.88. The Bertz CT molecular complexity index is 1120. The number of sulfonamides is 1. The maximum absolute atomic E-state index is 12.7. The summed E-state index contributed by atoms with van der Waals surface area (Å²) in [5.74, 6) is 1.15. The maximum atomic E-state index is 12.7. The lowest BCUT2D eigenvalue weighted by molar-refractivity contribution is -0.134. The van der Waals surface area contributed by atoms with Gasteiger partial charge in [-0.2, -0.15) is 0 Å². The standard InChI is InChI=1S/C22H26N2O8S/c1-28-16-13-20(30-3)17(21(14-16)31-4)9-11-33(26,27)24-15-6-7-19(29-2)18(12-15)23-10-8-22(25)32-5/h6-14,23-24H,1-5H3/b10-8+,11-9+. The summed E-state index contributed by atoms with van der Waals surface area (Å²) >= 11 is 0. The molecule has 0 amide bonds. The van der Waals surface area contributed by atoms with E-state index in [4.69, 9.17) is 18.9 Å². The van der Waals surface area contributed by atoms with Crippen molar-refractivity contribution in [1.82, 2.24) is 0 Å². The van der Waals surface area contributed by atoms with Gasteiger partial charge in [-0.15, -0.1) is 0 Å². The van der Waals surface area contributed by atoms with Gasteiger partial charge in [-0.25, -0.2) is 13.2 Å². The zero-order valence-corrected chi connectivity index (χ0v) is 19.7. The van der Waals surface area contributed by atoms with Crippen LogP contribution >= 0.6 is 0 Å². The summed E-state index contributed by atoms with van der Waals surface area (Å²) in [5.41, 5.74) is 1.12. The first kappa shape index (κ1) is 25.4. The minimum Gasteiger partial charge on any atom is -0.496 e. The second-order valence-electron chi connectivity index (χ2n) is 6.31. The van der Waals surface area contributed by atoms with E-state index in [2.05, 4.69) is 14.8 Å². The minimum atomic E-state index is -3.91. The van der Waals surface area contributed by atoms with Gasteiger partial charge in [-0.1, -0.05) is 0 Å². The van der Waals surface area contributed by atoms with Crippen LogP contribution in [-0.4, -0.2) is 49.9 Å². The average molecular weight is 479 g/mol. The van der Waals surface area contributed by atoms with Gasteiger partial charge in [0.15, 0.2) is 0 Å². The number of hydrogen-bond acceptors (Lipinski definition) is 9. The van der Waals surface area contributed by atoms with Crippen molar-refractivity contribution in [2.24, 2.45) is 0 Å². The van der Waals surface area contributed by atoms with E-state index in [1.165, 1.54) is 66.0 Å². The third-order valence-corrected chi connectivity index (χ3v) is 5.30. The number of ether oxygens (including phenoxy) is 5. The largest absolute Gasteiger partial charge is 0.496 e. The van der Waals surface area contributed by atoms with E-state index >= 15 is 0 Å². The average Bonchev–Trinajstić information content (AvgIpc) is 2.81. The third-order valence-electron chi connectivity index (χ3n) is 4.29. The molecule has 2 aromatic rings. The normalized spacial score (nSPS) is 11.3. The molecule has 0 radical (unpaired) electrons. The molecule has 0 aliphatic rings. The van der Waals surface area contributed by atoms with Crippen molar-refractivity contribution >= 4 is 33.4 Å². The van der Waals surface area contributed by atoms with Crippen LogP contribution in [0, 0.1) is 0 Å². The van der Waals surface area contributed by atoms with E-state index in [-0.39, 0.29) is 5.69 Å². The molecule has 11 heteroatoms. The van der Waals surface area contributed by atoms with E-state index in [1.807, 2.05) is 0 Å². The van der Waals surface area contributed by atoms with Crippen LogP contribution in [-0.2, 0) is 19.6 Å². The van der Waals surface area contributed by atoms with Gasteiger partial charge >= 0.3 is 5.97 Å². The second kappa shape index (κ2) is 11.7. The van der Waals surface area contributed by atoms with Crippen molar-refractivity contribution < 1.29 is 36.9 Å². The summed E-state index contributed by atoms with van der Waals surface area (Å²) in [6, 6.07) is 7.86. The fourth-order valence-corrected chi connectivity index (χ4v) is 3.54. The molecule has 0 saturated heterocycles. The Hall–Kier alpha value is -3.86. The summed E-state index contributed by atoms with van der Waals surface area (Å²) in [5, 5.41) is 3.84.